The average Bonchev–Trinajstić information content (AvgIpc) is 2.03. The van der Waals surface area contributed by atoms with Gasteiger partial charge in [0.1, 0.15) is 0 Å². The molecule has 0 aliphatic carbocycles. The quantitative estimate of drug-likeness (QED) is 0.667. The van der Waals surface area contributed by atoms with E-state index in [4.69, 9.17) is 21.8 Å². The van der Waals surface area contributed by atoms with Crippen LogP contribution in [0.1, 0.15) is 83.1 Å². The van der Waals surface area contributed by atoms with Crippen molar-refractivity contribution in [3.63, 3.8) is 0 Å². The topological polar surface area (TPSA) is 46.2 Å². The van der Waals surface area contributed by atoms with Gasteiger partial charge in [-0.05, 0) is 83.1 Å². The predicted molar refractivity (Wildman–Crippen MR) is 97.3 cm³/mol. The predicted octanol–water partition coefficient (Wildman–Crippen LogP) is 3.97. The number of hydrogen-bond acceptors (Lipinski definition) is 5. The molecule has 0 bridgehead atoms. The molecule has 7 heteroatoms. The Morgan fingerprint density at radius 2 is 0.826 bits per heavy atom. The highest BCUT2D eigenvalue weighted by Gasteiger charge is 2.38. The molecular formula is C16H37O5Si2. The Kier molecular flexibility index (Phi) is 8.16. The van der Waals surface area contributed by atoms with Crippen molar-refractivity contribution in [1.82, 2.24) is 0 Å². The van der Waals surface area contributed by atoms with Crippen molar-refractivity contribution in [2.24, 2.45) is 0 Å². The SMILES string of the molecule is CC(C)(C)O[Si](O[SiH](OC(C)(C)C)OC(C)(C)C)OC(C)(C)C. The highest BCUT2D eigenvalue weighted by atomic mass is 28.4. The second-order valence-electron chi connectivity index (χ2n) is 9.55. The van der Waals surface area contributed by atoms with Gasteiger partial charge in [0.25, 0.3) is 0 Å². The van der Waals surface area contributed by atoms with E-state index in [2.05, 4.69) is 0 Å². The summed E-state index contributed by atoms with van der Waals surface area (Å²) >= 11 is 0. The summed E-state index contributed by atoms with van der Waals surface area (Å²) in [4.78, 5) is 0. The Morgan fingerprint density at radius 3 is 1.04 bits per heavy atom. The molecule has 0 N–H and O–H groups in total. The fourth-order valence-corrected chi connectivity index (χ4v) is 4.94. The highest BCUT2D eigenvalue weighted by molar-refractivity contribution is 6.52. The normalized spacial score (nSPS) is 14.9. The van der Waals surface area contributed by atoms with Crippen LogP contribution in [0.2, 0.25) is 0 Å². The smallest absolute Gasteiger partial charge is 0.372 e. The summed E-state index contributed by atoms with van der Waals surface area (Å²) in [5.74, 6) is 0. The Balaban J connectivity index is 5.15. The van der Waals surface area contributed by atoms with Crippen LogP contribution in [-0.4, -0.2) is 41.5 Å². The zero-order valence-corrected chi connectivity index (χ0v) is 19.3. The van der Waals surface area contributed by atoms with Crippen LogP contribution in [-0.2, 0) is 21.8 Å². The van der Waals surface area contributed by atoms with Crippen LogP contribution in [0.15, 0.2) is 0 Å². The average molecular weight is 366 g/mol. The molecular weight excluding hydrogens is 328 g/mol. The summed E-state index contributed by atoms with van der Waals surface area (Å²) in [5.41, 5.74) is -1.42. The summed E-state index contributed by atoms with van der Waals surface area (Å²) in [7, 11) is -4.42. The lowest BCUT2D eigenvalue weighted by Crippen LogP contribution is -2.49. The Hall–Kier alpha value is 0.234. The Labute approximate surface area is 146 Å². The third-order valence-corrected chi connectivity index (χ3v) is 6.77. The first-order chi connectivity index (χ1) is 9.86. The van der Waals surface area contributed by atoms with Gasteiger partial charge in [0.15, 0.2) is 0 Å². The molecule has 0 aliphatic rings. The molecule has 0 saturated heterocycles. The lowest BCUT2D eigenvalue weighted by atomic mass is 10.2. The maximum atomic E-state index is 6.11. The van der Waals surface area contributed by atoms with Gasteiger partial charge in [0.05, 0.1) is 22.4 Å². The van der Waals surface area contributed by atoms with Crippen LogP contribution >= 0.6 is 0 Å². The monoisotopic (exact) mass is 365 g/mol. The van der Waals surface area contributed by atoms with Crippen LogP contribution in [0.4, 0.5) is 0 Å². The van der Waals surface area contributed by atoms with E-state index in [-0.39, 0.29) is 22.4 Å². The van der Waals surface area contributed by atoms with Gasteiger partial charge in [0, 0.05) is 0 Å². The van der Waals surface area contributed by atoms with E-state index in [1.807, 2.05) is 83.1 Å². The fourth-order valence-electron chi connectivity index (χ4n) is 1.30. The standard InChI is InChI=1S/C16H37O5Si2/c1-13(2,3)17-22(18-14(4,5)6)21-23(19-15(7,8)9)20-16(10,11)12/h22H,1-12H3. The van der Waals surface area contributed by atoms with Gasteiger partial charge < -0.3 is 21.8 Å². The van der Waals surface area contributed by atoms with Crippen molar-refractivity contribution in [3.05, 3.63) is 0 Å². The van der Waals surface area contributed by atoms with Crippen LogP contribution < -0.4 is 0 Å². The van der Waals surface area contributed by atoms with Gasteiger partial charge in [-0.25, -0.2) is 0 Å². The van der Waals surface area contributed by atoms with Gasteiger partial charge >= 0.3 is 19.1 Å². The van der Waals surface area contributed by atoms with Gasteiger partial charge in [-0.1, -0.05) is 0 Å². The molecule has 0 atom stereocenters. The van der Waals surface area contributed by atoms with E-state index < -0.39 is 19.1 Å². The maximum Gasteiger partial charge on any atom is 0.570 e. The molecule has 0 aromatic heterocycles. The molecule has 0 aromatic rings. The van der Waals surface area contributed by atoms with Crippen LogP contribution in [0, 0.1) is 0 Å². The number of hydrogen-bond donors (Lipinski definition) is 0. The largest absolute Gasteiger partial charge is 0.570 e. The lowest BCUT2D eigenvalue weighted by molar-refractivity contribution is -0.0374. The summed E-state index contributed by atoms with van der Waals surface area (Å²) in [5, 5.41) is 0. The Morgan fingerprint density at radius 1 is 0.522 bits per heavy atom. The Bertz CT molecular complexity index is 281. The minimum atomic E-state index is -2.43. The van der Waals surface area contributed by atoms with Crippen molar-refractivity contribution >= 4 is 19.1 Å². The molecule has 0 fully saturated rings. The lowest BCUT2D eigenvalue weighted by Gasteiger charge is -2.35. The van der Waals surface area contributed by atoms with E-state index >= 15 is 0 Å². The maximum absolute atomic E-state index is 6.11. The van der Waals surface area contributed by atoms with Crippen molar-refractivity contribution in [3.8, 4) is 0 Å². The van der Waals surface area contributed by atoms with E-state index in [0.29, 0.717) is 0 Å². The second kappa shape index (κ2) is 8.08. The molecule has 0 saturated carbocycles. The highest BCUT2D eigenvalue weighted by Crippen LogP contribution is 2.21. The molecule has 1 radical (unpaired) electrons. The second-order valence-corrected chi connectivity index (χ2v) is 12.4. The minimum Gasteiger partial charge on any atom is -0.372 e. The summed E-state index contributed by atoms with van der Waals surface area (Å²) < 4.78 is 30.2. The number of rotatable bonds is 6. The van der Waals surface area contributed by atoms with Gasteiger partial charge in [-0.2, -0.15) is 0 Å². The van der Waals surface area contributed by atoms with Gasteiger partial charge in [-0.15, -0.1) is 0 Å². The molecule has 0 amide bonds. The summed E-state index contributed by atoms with van der Waals surface area (Å²) in [6, 6.07) is 0. The van der Waals surface area contributed by atoms with Crippen molar-refractivity contribution in [2.75, 3.05) is 0 Å². The molecule has 0 aromatic carbocycles. The zero-order valence-electron chi connectivity index (χ0n) is 17.1. The van der Waals surface area contributed by atoms with E-state index in [0.717, 1.165) is 0 Å². The molecule has 23 heavy (non-hydrogen) atoms. The minimum absolute atomic E-state index is 0.349. The fraction of sp³-hybridized carbons (Fsp3) is 1.00. The van der Waals surface area contributed by atoms with E-state index in [1.54, 1.807) is 0 Å². The first kappa shape index (κ1) is 23.2. The first-order valence-corrected chi connectivity index (χ1v) is 10.8. The van der Waals surface area contributed by atoms with E-state index in [1.165, 1.54) is 0 Å². The van der Waals surface area contributed by atoms with Crippen LogP contribution in [0.3, 0.4) is 0 Å². The van der Waals surface area contributed by atoms with Crippen LogP contribution in [0.5, 0.6) is 0 Å². The molecule has 139 valence electrons. The van der Waals surface area contributed by atoms with Crippen molar-refractivity contribution in [1.29, 1.82) is 0 Å². The molecule has 5 nitrogen and oxygen atoms in total. The molecule has 0 heterocycles. The van der Waals surface area contributed by atoms with Crippen LogP contribution in [0.25, 0.3) is 0 Å². The summed E-state index contributed by atoms with van der Waals surface area (Å²) in [6.45, 7) is 23.9. The van der Waals surface area contributed by atoms with Crippen molar-refractivity contribution in [2.45, 2.75) is 105 Å². The van der Waals surface area contributed by atoms with Crippen molar-refractivity contribution < 1.29 is 21.8 Å². The summed E-state index contributed by atoms with van der Waals surface area (Å²) in [6.07, 6.45) is 0. The zero-order chi connectivity index (χ0) is 18.7. The third-order valence-electron chi connectivity index (χ3n) is 1.87. The van der Waals surface area contributed by atoms with E-state index in [9.17, 15) is 0 Å². The molecule has 0 unspecified atom stereocenters. The first-order valence-electron chi connectivity index (χ1n) is 8.14. The molecule has 0 aliphatic heterocycles. The van der Waals surface area contributed by atoms with Gasteiger partial charge in [-0.3, -0.25) is 0 Å². The molecule has 0 spiro atoms. The van der Waals surface area contributed by atoms with Gasteiger partial charge in [0.2, 0.25) is 0 Å². The third kappa shape index (κ3) is 15.5. The molecule has 0 rings (SSSR count).